The summed E-state index contributed by atoms with van der Waals surface area (Å²) in [4.78, 5) is 11.1. The highest BCUT2D eigenvalue weighted by atomic mass is 16.5. The predicted octanol–water partition coefficient (Wildman–Crippen LogP) is 5.15. The lowest BCUT2D eigenvalue weighted by Crippen LogP contribution is -2.06. The van der Waals surface area contributed by atoms with Crippen LogP contribution in [0.1, 0.15) is 23.6 Å². The van der Waals surface area contributed by atoms with Crippen LogP contribution in [0.5, 0.6) is 11.5 Å². The zero-order valence-electron chi connectivity index (χ0n) is 17.0. The van der Waals surface area contributed by atoms with Crippen molar-refractivity contribution >= 4 is 17.3 Å². The van der Waals surface area contributed by atoms with Crippen molar-refractivity contribution in [2.24, 2.45) is 0 Å². The summed E-state index contributed by atoms with van der Waals surface area (Å²) in [5.74, 6) is 1.34. The van der Waals surface area contributed by atoms with Gasteiger partial charge in [-0.05, 0) is 54.4 Å². The van der Waals surface area contributed by atoms with Crippen LogP contribution in [0.3, 0.4) is 0 Å². The summed E-state index contributed by atoms with van der Waals surface area (Å²) >= 11 is 0. The van der Waals surface area contributed by atoms with Crippen LogP contribution >= 0.6 is 0 Å². The Hall–Kier alpha value is -3.47. The van der Waals surface area contributed by atoms with Crippen molar-refractivity contribution in [1.82, 2.24) is 0 Å². The first-order valence-electron chi connectivity index (χ1n) is 9.50. The molecule has 29 heavy (non-hydrogen) atoms. The number of hydrogen-bond acceptors (Lipinski definition) is 4. The predicted molar refractivity (Wildman–Crippen MR) is 117 cm³/mol. The molecule has 1 amide bonds. The quantitative estimate of drug-likeness (QED) is 0.558. The third-order valence-corrected chi connectivity index (χ3v) is 4.44. The third-order valence-electron chi connectivity index (χ3n) is 4.44. The van der Waals surface area contributed by atoms with Crippen molar-refractivity contribution in [2.75, 3.05) is 17.7 Å². The molecule has 0 spiro atoms. The van der Waals surface area contributed by atoms with Gasteiger partial charge in [-0.25, -0.2) is 0 Å². The second-order valence-electron chi connectivity index (χ2n) is 6.87. The number of nitrogens with one attached hydrogen (secondary N) is 2. The van der Waals surface area contributed by atoms with Gasteiger partial charge in [0.1, 0.15) is 6.61 Å². The van der Waals surface area contributed by atoms with E-state index in [-0.39, 0.29) is 5.91 Å². The lowest BCUT2D eigenvalue weighted by atomic mass is 10.1. The first-order valence-corrected chi connectivity index (χ1v) is 9.50. The zero-order chi connectivity index (χ0) is 20.6. The Morgan fingerprint density at radius 3 is 2.17 bits per heavy atom. The molecule has 3 aromatic rings. The summed E-state index contributed by atoms with van der Waals surface area (Å²) in [6.07, 6.45) is 0. The molecule has 0 saturated heterocycles. The molecule has 0 atom stereocenters. The number of ether oxygens (including phenoxy) is 2. The molecule has 150 valence electrons. The molecular formula is C24H26N2O3. The fraction of sp³-hybridized carbons (Fsp3) is 0.208. The molecule has 2 N–H and O–H groups in total. The van der Waals surface area contributed by atoms with E-state index in [2.05, 4.69) is 41.8 Å². The SMILES string of the molecule is COc1cc(CNc2ccc(NC(C)=O)cc2)ccc1OCc1ccc(C)cc1. The van der Waals surface area contributed by atoms with Crippen LogP contribution in [-0.2, 0) is 17.9 Å². The molecule has 0 saturated carbocycles. The van der Waals surface area contributed by atoms with E-state index in [1.165, 1.54) is 12.5 Å². The standard InChI is InChI=1S/C24H26N2O3/c1-17-4-6-19(7-5-17)16-29-23-13-8-20(14-24(23)28-3)15-25-21-9-11-22(12-10-21)26-18(2)27/h4-14,25H,15-16H2,1-3H3,(H,26,27). The lowest BCUT2D eigenvalue weighted by Gasteiger charge is -2.13. The minimum absolute atomic E-state index is 0.0810. The molecule has 0 radical (unpaired) electrons. The molecule has 0 aliphatic carbocycles. The van der Waals surface area contributed by atoms with Gasteiger partial charge in [0.05, 0.1) is 7.11 Å². The molecule has 5 heteroatoms. The molecular weight excluding hydrogens is 364 g/mol. The van der Waals surface area contributed by atoms with Crippen LogP contribution in [0.2, 0.25) is 0 Å². The van der Waals surface area contributed by atoms with E-state index >= 15 is 0 Å². The Morgan fingerprint density at radius 2 is 1.52 bits per heavy atom. The van der Waals surface area contributed by atoms with Crippen molar-refractivity contribution in [1.29, 1.82) is 0 Å². The molecule has 3 rings (SSSR count). The Morgan fingerprint density at radius 1 is 0.862 bits per heavy atom. The second kappa shape index (κ2) is 9.64. The number of hydrogen-bond donors (Lipinski definition) is 2. The van der Waals surface area contributed by atoms with Crippen molar-refractivity contribution in [2.45, 2.75) is 27.0 Å². The van der Waals surface area contributed by atoms with E-state index < -0.39 is 0 Å². The fourth-order valence-electron chi connectivity index (χ4n) is 2.87. The first-order chi connectivity index (χ1) is 14.0. The molecule has 0 unspecified atom stereocenters. The number of carbonyl (C=O) groups is 1. The van der Waals surface area contributed by atoms with Gasteiger partial charge in [0, 0.05) is 24.8 Å². The number of anilines is 2. The zero-order valence-corrected chi connectivity index (χ0v) is 17.0. The summed E-state index contributed by atoms with van der Waals surface area (Å²) in [6.45, 7) is 4.70. The van der Waals surface area contributed by atoms with Crippen LogP contribution in [0.15, 0.2) is 66.7 Å². The average Bonchev–Trinajstić information content (AvgIpc) is 2.72. The molecule has 3 aromatic carbocycles. The Bertz CT molecular complexity index is 951. The van der Waals surface area contributed by atoms with E-state index in [9.17, 15) is 4.79 Å². The van der Waals surface area contributed by atoms with E-state index in [1.54, 1.807) is 7.11 Å². The van der Waals surface area contributed by atoms with Crippen molar-refractivity contribution in [3.63, 3.8) is 0 Å². The van der Waals surface area contributed by atoms with E-state index in [0.29, 0.717) is 18.9 Å². The Balaban J connectivity index is 1.59. The molecule has 0 heterocycles. The maximum absolute atomic E-state index is 11.1. The Kier molecular flexibility index (Phi) is 6.74. The highest BCUT2D eigenvalue weighted by Crippen LogP contribution is 2.29. The van der Waals surface area contributed by atoms with Gasteiger partial charge in [0.2, 0.25) is 5.91 Å². The van der Waals surface area contributed by atoms with Crippen LogP contribution in [0, 0.1) is 6.92 Å². The molecule has 0 aliphatic heterocycles. The largest absolute Gasteiger partial charge is 0.493 e. The number of methoxy groups -OCH3 is 1. The molecule has 0 aromatic heterocycles. The fourth-order valence-corrected chi connectivity index (χ4v) is 2.87. The van der Waals surface area contributed by atoms with Crippen molar-refractivity contribution in [3.8, 4) is 11.5 Å². The average molecular weight is 390 g/mol. The maximum atomic E-state index is 11.1. The Labute approximate surface area is 171 Å². The van der Waals surface area contributed by atoms with Crippen LogP contribution in [-0.4, -0.2) is 13.0 Å². The van der Waals surface area contributed by atoms with E-state index in [0.717, 1.165) is 28.3 Å². The van der Waals surface area contributed by atoms with Crippen LogP contribution in [0.4, 0.5) is 11.4 Å². The van der Waals surface area contributed by atoms with Gasteiger partial charge >= 0.3 is 0 Å². The summed E-state index contributed by atoms with van der Waals surface area (Å²) in [5.41, 5.74) is 5.17. The van der Waals surface area contributed by atoms with E-state index in [1.807, 2.05) is 42.5 Å². The van der Waals surface area contributed by atoms with Gasteiger partial charge in [-0.1, -0.05) is 35.9 Å². The minimum atomic E-state index is -0.0810. The normalized spacial score (nSPS) is 10.3. The molecule has 5 nitrogen and oxygen atoms in total. The number of rotatable bonds is 8. The minimum Gasteiger partial charge on any atom is -0.493 e. The topological polar surface area (TPSA) is 59.6 Å². The van der Waals surface area contributed by atoms with Crippen LogP contribution < -0.4 is 20.1 Å². The first kappa shape index (κ1) is 20.3. The van der Waals surface area contributed by atoms with Gasteiger partial charge in [-0.3, -0.25) is 4.79 Å². The smallest absolute Gasteiger partial charge is 0.221 e. The number of aryl methyl sites for hydroxylation is 1. The van der Waals surface area contributed by atoms with Crippen molar-refractivity contribution < 1.29 is 14.3 Å². The number of benzene rings is 3. The highest BCUT2D eigenvalue weighted by Gasteiger charge is 2.07. The molecule has 0 aliphatic rings. The monoisotopic (exact) mass is 390 g/mol. The summed E-state index contributed by atoms with van der Waals surface area (Å²) in [5, 5.41) is 6.12. The second-order valence-corrected chi connectivity index (χ2v) is 6.87. The molecule has 0 fully saturated rings. The lowest BCUT2D eigenvalue weighted by molar-refractivity contribution is -0.114. The van der Waals surface area contributed by atoms with Crippen LogP contribution in [0.25, 0.3) is 0 Å². The summed E-state index contributed by atoms with van der Waals surface area (Å²) in [6, 6.07) is 21.8. The molecule has 0 bridgehead atoms. The highest BCUT2D eigenvalue weighted by molar-refractivity contribution is 5.88. The third kappa shape index (κ3) is 6.01. The maximum Gasteiger partial charge on any atom is 0.221 e. The number of carbonyl (C=O) groups excluding carboxylic acids is 1. The van der Waals surface area contributed by atoms with Gasteiger partial charge in [-0.2, -0.15) is 0 Å². The van der Waals surface area contributed by atoms with Gasteiger partial charge in [-0.15, -0.1) is 0 Å². The van der Waals surface area contributed by atoms with Gasteiger partial charge in [0.15, 0.2) is 11.5 Å². The van der Waals surface area contributed by atoms with Crippen molar-refractivity contribution in [3.05, 3.63) is 83.4 Å². The van der Waals surface area contributed by atoms with E-state index in [4.69, 9.17) is 9.47 Å². The van der Waals surface area contributed by atoms with Gasteiger partial charge in [0.25, 0.3) is 0 Å². The number of amides is 1. The summed E-state index contributed by atoms with van der Waals surface area (Å²) in [7, 11) is 1.64. The van der Waals surface area contributed by atoms with Gasteiger partial charge < -0.3 is 20.1 Å². The summed E-state index contributed by atoms with van der Waals surface area (Å²) < 4.78 is 11.4.